The van der Waals surface area contributed by atoms with Crippen LogP contribution in [0, 0.1) is 0 Å². The third kappa shape index (κ3) is 4.85. The van der Waals surface area contributed by atoms with E-state index in [1.54, 1.807) is 6.20 Å². The maximum absolute atomic E-state index is 4.60. The fourth-order valence-corrected chi connectivity index (χ4v) is 2.61. The van der Waals surface area contributed by atoms with E-state index in [-0.39, 0.29) is 0 Å². The van der Waals surface area contributed by atoms with Gasteiger partial charge in [-0.25, -0.2) is 4.98 Å². The van der Waals surface area contributed by atoms with Crippen LogP contribution in [0.5, 0.6) is 0 Å². The van der Waals surface area contributed by atoms with Crippen molar-refractivity contribution in [2.24, 2.45) is 0 Å². The topological polar surface area (TPSA) is 44.3 Å². The number of benzene rings is 1. The van der Waals surface area contributed by atoms with E-state index in [1.165, 1.54) is 12.1 Å². The Morgan fingerprint density at radius 1 is 1.00 bits per heavy atom. The molecule has 0 saturated heterocycles. The quantitative estimate of drug-likeness (QED) is 0.744. The zero-order valence-electron chi connectivity index (χ0n) is 15.3. The molecule has 0 aliphatic rings. The van der Waals surface area contributed by atoms with Gasteiger partial charge in [0.2, 0.25) is 5.95 Å². The van der Waals surface area contributed by atoms with Crippen LogP contribution in [0.4, 0.5) is 23.1 Å². The summed E-state index contributed by atoms with van der Waals surface area (Å²) in [6.07, 6.45) is 4.15. The molecule has 0 radical (unpaired) electrons. The molecule has 0 amide bonds. The Morgan fingerprint density at radius 2 is 1.71 bits per heavy atom. The Hall–Kier alpha value is -2.30. The standard InChI is InChI=1S/C19H29N5/c1-5-8-15-23(4)18-13-14-20-19(22-18)21-16-9-11-17(12-10-16)24(6-2)7-3/h9-14H,5-8,15H2,1-4H3,(H,20,21,22). The minimum absolute atomic E-state index is 0.631. The highest BCUT2D eigenvalue weighted by molar-refractivity contribution is 5.60. The number of nitrogens with zero attached hydrogens (tertiary/aromatic N) is 4. The lowest BCUT2D eigenvalue weighted by atomic mass is 10.2. The second-order valence-electron chi connectivity index (χ2n) is 5.86. The van der Waals surface area contributed by atoms with E-state index >= 15 is 0 Å². The Labute approximate surface area is 145 Å². The summed E-state index contributed by atoms with van der Waals surface area (Å²) in [5, 5.41) is 3.29. The van der Waals surface area contributed by atoms with Crippen molar-refractivity contribution in [2.75, 3.05) is 41.8 Å². The summed E-state index contributed by atoms with van der Waals surface area (Å²) in [4.78, 5) is 13.4. The average molecular weight is 327 g/mol. The molecular formula is C19H29N5. The van der Waals surface area contributed by atoms with E-state index in [1.807, 2.05) is 6.07 Å². The average Bonchev–Trinajstić information content (AvgIpc) is 2.62. The Morgan fingerprint density at radius 3 is 2.33 bits per heavy atom. The summed E-state index contributed by atoms with van der Waals surface area (Å²) in [7, 11) is 2.07. The third-order valence-corrected chi connectivity index (χ3v) is 4.13. The predicted octanol–water partition coefficient (Wildman–Crippen LogP) is 4.30. The molecule has 0 atom stereocenters. The lowest BCUT2D eigenvalue weighted by Crippen LogP contribution is -2.21. The van der Waals surface area contributed by atoms with Crippen molar-refractivity contribution in [3.8, 4) is 0 Å². The van der Waals surface area contributed by atoms with Crippen molar-refractivity contribution in [2.45, 2.75) is 33.6 Å². The van der Waals surface area contributed by atoms with Crippen LogP contribution in [0.25, 0.3) is 0 Å². The van der Waals surface area contributed by atoms with E-state index in [0.29, 0.717) is 5.95 Å². The van der Waals surface area contributed by atoms with E-state index < -0.39 is 0 Å². The first-order chi connectivity index (χ1) is 11.7. The van der Waals surface area contributed by atoms with Crippen LogP contribution >= 0.6 is 0 Å². The van der Waals surface area contributed by atoms with Gasteiger partial charge < -0.3 is 15.1 Å². The number of rotatable bonds is 9. The molecule has 130 valence electrons. The first-order valence-electron chi connectivity index (χ1n) is 8.84. The molecule has 24 heavy (non-hydrogen) atoms. The first kappa shape index (κ1) is 18.0. The van der Waals surface area contributed by atoms with Crippen molar-refractivity contribution < 1.29 is 0 Å². The highest BCUT2D eigenvalue weighted by Crippen LogP contribution is 2.20. The van der Waals surface area contributed by atoms with E-state index in [0.717, 1.165) is 37.6 Å². The smallest absolute Gasteiger partial charge is 0.229 e. The van der Waals surface area contributed by atoms with Crippen LogP contribution in [0.15, 0.2) is 36.5 Å². The molecule has 1 heterocycles. The highest BCUT2D eigenvalue weighted by atomic mass is 15.2. The molecule has 2 aromatic rings. The number of unbranched alkanes of at least 4 members (excludes halogenated alkanes) is 1. The number of hydrogen-bond acceptors (Lipinski definition) is 5. The lowest BCUT2D eigenvalue weighted by molar-refractivity contribution is 0.759. The fourth-order valence-electron chi connectivity index (χ4n) is 2.61. The lowest BCUT2D eigenvalue weighted by Gasteiger charge is -2.21. The molecule has 0 fully saturated rings. The summed E-state index contributed by atoms with van der Waals surface area (Å²) in [5.74, 6) is 1.58. The van der Waals surface area contributed by atoms with Gasteiger partial charge in [0.1, 0.15) is 5.82 Å². The van der Waals surface area contributed by atoms with Crippen LogP contribution in [0.3, 0.4) is 0 Å². The fraction of sp³-hybridized carbons (Fsp3) is 0.474. The molecular weight excluding hydrogens is 298 g/mol. The van der Waals surface area contributed by atoms with Crippen LogP contribution < -0.4 is 15.1 Å². The molecule has 0 spiro atoms. The van der Waals surface area contributed by atoms with Crippen LogP contribution in [-0.2, 0) is 0 Å². The molecule has 1 aromatic carbocycles. The number of anilines is 4. The van der Waals surface area contributed by atoms with Crippen molar-refractivity contribution in [3.63, 3.8) is 0 Å². The number of aromatic nitrogens is 2. The largest absolute Gasteiger partial charge is 0.372 e. The molecule has 0 saturated carbocycles. The molecule has 0 aliphatic heterocycles. The zero-order chi connectivity index (χ0) is 17.4. The molecule has 2 rings (SSSR count). The second kappa shape index (κ2) is 9.11. The predicted molar refractivity (Wildman–Crippen MR) is 103 cm³/mol. The van der Waals surface area contributed by atoms with Gasteiger partial charge in [0.25, 0.3) is 0 Å². The number of nitrogens with one attached hydrogen (secondary N) is 1. The Bertz CT molecular complexity index is 607. The Kier molecular flexibility index (Phi) is 6.85. The van der Waals surface area contributed by atoms with Gasteiger partial charge in [-0.05, 0) is 50.6 Å². The van der Waals surface area contributed by atoms with Crippen LogP contribution in [-0.4, -0.2) is 36.6 Å². The summed E-state index contributed by atoms with van der Waals surface area (Å²) >= 11 is 0. The van der Waals surface area contributed by atoms with E-state index in [9.17, 15) is 0 Å². The second-order valence-corrected chi connectivity index (χ2v) is 5.86. The van der Waals surface area contributed by atoms with Gasteiger partial charge >= 0.3 is 0 Å². The van der Waals surface area contributed by atoms with Gasteiger partial charge in [-0.3, -0.25) is 0 Å². The zero-order valence-corrected chi connectivity index (χ0v) is 15.3. The van der Waals surface area contributed by atoms with Crippen molar-refractivity contribution in [1.29, 1.82) is 0 Å². The summed E-state index contributed by atoms with van der Waals surface area (Å²) < 4.78 is 0. The van der Waals surface area contributed by atoms with E-state index in [4.69, 9.17) is 0 Å². The first-order valence-corrected chi connectivity index (χ1v) is 8.84. The molecule has 0 aliphatic carbocycles. The Balaban J connectivity index is 2.05. The number of hydrogen-bond donors (Lipinski definition) is 1. The van der Waals surface area contributed by atoms with Crippen LogP contribution in [0.2, 0.25) is 0 Å². The van der Waals surface area contributed by atoms with Crippen molar-refractivity contribution in [1.82, 2.24) is 9.97 Å². The van der Waals surface area contributed by atoms with E-state index in [2.05, 4.69) is 77.2 Å². The molecule has 1 N–H and O–H groups in total. The van der Waals surface area contributed by atoms with Gasteiger partial charge in [-0.15, -0.1) is 0 Å². The maximum atomic E-state index is 4.60. The van der Waals surface area contributed by atoms with Gasteiger partial charge in [0.05, 0.1) is 0 Å². The SMILES string of the molecule is CCCCN(C)c1ccnc(Nc2ccc(N(CC)CC)cc2)n1. The molecule has 0 bridgehead atoms. The summed E-state index contributed by atoms with van der Waals surface area (Å²) in [6.45, 7) is 9.57. The van der Waals surface area contributed by atoms with Crippen LogP contribution in [0.1, 0.15) is 33.6 Å². The van der Waals surface area contributed by atoms with Crippen molar-refractivity contribution in [3.05, 3.63) is 36.5 Å². The van der Waals surface area contributed by atoms with Gasteiger partial charge in [0, 0.05) is 44.3 Å². The normalized spacial score (nSPS) is 10.5. The summed E-state index contributed by atoms with van der Waals surface area (Å²) in [5.41, 5.74) is 2.23. The van der Waals surface area contributed by atoms with Gasteiger partial charge in [-0.2, -0.15) is 4.98 Å². The van der Waals surface area contributed by atoms with Gasteiger partial charge in [0.15, 0.2) is 0 Å². The summed E-state index contributed by atoms with van der Waals surface area (Å²) in [6, 6.07) is 10.4. The maximum Gasteiger partial charge on any atom is 0.229 e. The van der Waals surface area contributed by atoms with Crippen molar-refractivity contribution >= 4 is 23.1 Å². The monoisotopic (exact) mass is 327 g/mol. The molecule has 5 heteroatoms. The minimum Gasteiger partial charge on any atom is -0.372 e. The third-order valence-electron chi connectivity index (χ3n) is 4.13. The van der Waals surface area contributed by atoms with Gasteiger partial charge in [-0.1, -0.05) is 13.3 Å². The molecule has 0 unspecified atom stereocenters. The minimum atomic E-state index is 0.631. The molecule has 5 nitrogen and oxygen atoms in total. The molecule has 1 aromatic heterocycles. The highest BCUT2D eigenvalue weighted by Gasteiger charge is 2.06.